The zero-order valence-electron chi connectivity index (χ0n) is 7.14. The Morgan fingerprint density at radius 1 is 1.50 bits per heavy atom. The van der Waals surface area contributed by atoms with Crippen LogP contribution in [0.3, 0.4) is 0 Å². The summed E-state index contributed by atoms with van der Waals surface area (Å²) in [5.41, 5.74) is 1.18. The van der Waals surface area contributed by atoms with Gasteiger partial charge in [0.2, 0.25) is 5.91 Å². The lowest BCUT2D eigenvalue weighted by molar-refractivity contribution is -0.135. The number of ether oxygens (including phenoxy) is 1. The van der Waals surface area contributed by atoms with E-state index in [-0.39, 0.29) is 11.9 Å². The molecule has 1 aliphatic heterocycles. The number of allylic oxidation sites excluding steroid dienone is 1. The fourth-order valence-corrected chi connectivity index (χ4v) is 1.12. The maximum atomic E-state index is 11.0. The summed E-state index contributed by atoms with van der Waals surface area (Å²) in [6.07, 6.45) is 0.588. The van der Waals surface area contributed by atoms with Gasteiger partial charge >= 0.3 is 5.97 Å². The quantitative estimate of drug-likeness (QED) is 0.455. The van der Waals surface area contributed by atoms with E-state index in [0.29, 0.717) is 24.3 Å². The minimum Gasteiger partial charge on any atom is -0.462 e. The summed E-state index contributed by atoms with van der Waals surface area (Å²) in [5.74, 6) is -0.485. The zero-order chi connectivity index (χ0) is 9.14. The lowest BCUT2D eigenvalue weighted by Crippen LogP contribution is -2.19. The van der Waals surface area contributed by atoms with E-state index in [2.05, 4.69) is 5.32 Å². The fourth-order valence-electron chi connectivity index (χ4n) is 1.12. The van der Waals surface area contributed by atoms with Crippen LogP contribution in [0, 0.1) is 0 Å². The Kier molecular flexibility index (Phi) is 2.47. The molecule has 0 bridgehead atoms. The van der Waals surface area contributed by atoms with Crippen LogP contribution in [-0.2, 0) is 14.3 Å². The van der Waals surface area contributed by atoms with E-state index in [1.165, 1.54) is 6.92 Å². The van der Waals surface area contributed by atoms with Gasteiger partial charge in [0.15, 0.2) is 0 Å². The summed E-state index contributed by atoms with van der Waals surface area (Å²) in [5, 5.41) is 2.55. The zero-order valence-corrected chi connectivity index (χ0v) is 7.14. The van der Waals surface area contributed by atoms with Crippen LogP contribution in [0.25, 0.3) is 0 Å². The molecule has 1 fully saturated rings. The number of carbonyl (C=O) groups is 2. The van der Waals surface area contributed by atoms with E-state index in [0.717, 1.165) is 0 Å². The standard InChI is InChI=1S/C8H11NO3/c1-5(9-6(2)10)7-3-4-12-8(7)11/h3-4H2,1-2H3,(H,9,10)/b7-5+. The van der Waals surface area contributed by atoms with Crippen LogP contribution in [0.2, 0.25) is 0 Å². The molecule has 0 atom stereocenters. The van der Waals surface area contributed by atoms with Gasteiger partial charge in [0.05, 0.1) is 12.2 Å². The van der Waals surface area contributed by atoms with E-state index in [1.54, 1.807) is 6.92 Å². The van der Waals surface area contributed by atoms with Gasteiger partial charge in [-0.2, -0.15) is 0 Å². The third-order valence-corrected chi connectivity index (χ3v) is 1.65. The SMILES string of the molecule is CC(=O)N/C(C)=C1\CCOC1=O. The molecule has 1 aliphatic rings. The van der Waals surface area contributed by atoms with Gasteiger partial charge in [0.1, 0.15) is 0 Å². The second-order valence-electron chi connectivity index (χ2n) is 2.67. The van der Waals surface area contributed by atoms with Crippen molar-refractivity contribution in [1.29, 1.82) is 0 Å². The molecule has 0 spiro atoms. The number of nitrogens with one attached hydrogen (secondary N) is 1. The van der Waals surface area contributed by atoms with E-state index in [9.17, 15) is 9.59 Å². The first-order valence-corrected chi connectivity index (χ1v) is 3.75. The van der Waals surface area contributed by atoms with Crippen molar-refractivity contribution in [3.05, 3.63) is 11.3 Å². The summed E-state index contributed by atoms with van der Waals surface area (Å²) in [4.78, 5) is 21.6. The minimum absolute atomic E-state index is 0.167. The van der Waals surface area contributed by atoms with Crippen molar-refractivity contribution in [1.82, 2.24) is 5.32 Å². The Morgan fingerprint density at radius 3 is 2.58 bits per heavy atom. The van der Waals surface area contributed by atoms with Gasteiger partial charge in [-0.15, -0.1) is 0 Å². The fraction of sp³-hybridized carbons (Fsp3) is 0.500. The number of hydrogen-bond donors (Lipinski definition) is 1. The molecule has 1 N–H and O–H groups in total. The van der Waals surface area contributed by atoms with Crippen molar-refractivity contribution >= 4 is 11.9 Å². The number of hydrogen-bond acceptors (Lipinski definition) is 3. The first kappa shape index (κ1) is 8.77. The topological polar surface area (TPSA) is 55.4 Å². The van der Waals surface area contributed by atoms with Gasteiger partial charge in [-0.1, -0.05) is 0 Å². The highest BCUT2D eigenvalue weighted by atomic mass is 16.5. The first-order valence-electron chi connectivity index (χ1n) is 3.75. The summed E-state index contributed by atoms with van der Waals surface area (Å²) in [6.45, 7) is 3.53. The molecule has 0 saturated carbocycles. The van der Waals surface area contributed by atoms with E-state index in [4.69, 9.17) is 4.74 Å². The Hall–Kier alpha value is -1.32. The lowest BCUT2D eigenvalue weighted by atomic mass is 10.2. The maximum Gasteiger partial charge on any atom is 0.335 e. The van der Waals surface area contributed by atoms with Crippen molar-refractivity contribution in [2.24, 2.45) is 0 Å². The normalized spacial score (nSPS) is 20.3. The molecular formula is C8H11NO3. The van der Waals surface area contributed by atoms with Crippen molar-refractivity contribution in [3.8, 4) is 0 Å². The van der Waals surface area contributed by atoms with Crippen LogP contribution in [0.15, 0.2) is 11.3 Å². The molecule has 4 nitrogen and oxygen atoms in total. The van der Waals surface area contributed by atoms with E-state index >= 15 is 0 Å². The molecule has 0 aromatic heterocycles. The summed E-state index contributed by atoms with van der Waals surface area (Å²) in [7, 11) is 0. The molecular weight excluding hydrogens is 158 g/mol. The molecule has 0 aromatic carbocycles. The molecule has 1 heterocycles. The summed E-state index contributed by atoms with van der Waals surface area (Å²) < 4.78 is 4.72. The van der Waals surface area contributed by atoms with Gasteiger partial charge in [0, 0.05) is 19.0 Å². The Labute approximate surface area is 70.6 Å². The first-order chi connectivity index (χ1) is 5.61. The molecule has 0 aliphatic carbocycles. The molecule has 1 rings (SSSR count). The average molecular weight is 169 g/mol. The van der Waals surface area contributed by atoms with Gasteiger partial charge in [-0.25, -0.2) is 4.79 Å². The highest BCUT2D eigenvalue weighted by Gasteiger charge is 2.21. The lowest BCUT2D eigenvalue weighted by Gasteiger charge is -2.02. The number of esters is 1. The van der Waals surface area contributed by atoms with Crippen molar-refractivity contribution in [2.75, 3.05) is 6.61 Å². The van der Waals surface area contributed by atoms with Crippen molar-refractivity contribution in [3.63, 3.8) is 0 Å². The molecule has 1 saturated heterocycles. The molecule has 66 valence electrons. The Bertz CT molecular complexity index is 255. The number of amides is 1. The molecule has 0 aromatic rings. The van der Waals surface area contributed by atoms with Crippen LogP contribution in [0.5, 0.6) is 0 Å². The molecule has 0 radical (unpaired) electrons. The number of rotatable bonds is 1. The molecule has 0 unspecified atom stereocenters. The highest BCUT2D eigenvalue weighted by molar-refractivity contribution is 5.92. The minimum atomic E-state index is -0.318. The van der Waals surface area contributed by atoms with Crippen LogP contribution >= 0.6 is 0 Å². The largest absolute Gasteiger partial charge is 0.462 e. The van der Waals surface area contributed by atoms with Crippen molar-refractivity contribution < 1.29 is 14.3 Å². The summed E-state index contributed by atoms with van der Waals surface area (Å²) >= 11 is 0. The van der Waals surface area contributed by atoms with E-state index < -0.39 is 0 Å². The predicted molar refractivity (Wildman–Crippen MR) is 42.1 cm³/mol. The highest BCUT2D eigenvalue weighted by Crippen LogP contribution is 2.15. The number of cyclic esters (lactones) is 1. The second-order valence-corrected chi connectivity index (χ2v) is 2.67. The number of carbonyl (C=O) groups excluding carboxylic acids is 2. The van der Waals surface area contributed by atoms with E-state index in [1.807, 2.05) is 0 Å². The average Bonchev–Trinajstić information content (AvgIpc) is 2.33. The van der Waals surface area contributed by atoms with Crippen LogP contribution < -0.4 is 5.32 Å². The van der Waals surface area contributed by atoms with Crippen LogP contribution in [0.4, 0.5) is 0 Å². The smallest absolute Gasteiger partial charge is 0.335 e. The second kappa shape index (κ2) is 3.38. The molecule has 4 heteroatoms. The van der Waals surface area contributed by atoms with Crippen molar-refractivity contribution in [2.45, 2.75) is 20.3 Å². The van der Waals surface area contributed by atoms with Gasteiger partial charge < -0.3 is 10.1 Å². The molecule has 12 heavy (non-hydrogen) atoms. The van der Waals surface area contributed by atoms with Crippen LogP contribution in [0.1, 0.15) is 20.3 Å². The maximum absolute atomic E-state index is 11.0. The van der Waals surface area contributed by atoms with Crippen LogP contribution in [-0.4, -0.2) is 18.5 Å². The monoisotopic (exact) mass is 169 g/mol. The summed E-state index contributed by atoms with van der Waals surface area (Å²) in [6, 6.07) is 0. The van der Waals surface area contributed by atoms with Gasteiger partial charge in [-0.3, -0.25) is 4.79 Å². The third-order valence-electron chi connectivity index (χ3n) is 1.65. The van der Waals surface area contributed by atoms with Gasteiger partial charge in [0.25, 0.3) is 0 Å². The predicted octanol–water partition coefficient (Wildman–Crippen LogP) is 0.343. The Balaban J connectivity index is 2.74. The van der Waals surface area contributed by atoms with Gasteiger partial charge in [-0.05, 0) is 6.92 Å². The third kappa shape index (κ3) is 1.84. The molecule has 1 amide bonds. The Morgan fingerprint density at radius 2 is 2.17 bits per heavy atom.